The number of halogens is 1. The number of hydrogen-bond acceptors (Lipinski definition) is 4. The first-order valence-electron chi connectivity index (χ1n) is 7.49. The smallest absolute Gasteiger partial charge is 0.322 e. The first kappa shape index (κ1) is 15.7. The van der Waals surface area contributed by atoms with Gasteiger partial charge in [0.25, 0.3) is 0 Å². The lowest BCUT2D eigenvalue weighted by Crippen LogP contribution is -2.34. The van der Waals surface area contributed by atoms with Crippen LogP contribution in [0.1, 0.15) is 12.0 Å². The van der Waals surface area contributed by atoms with Gasteiger partial charge in [-0.25, -0.2) is 14.2 Å². The van der Waals surface area contributed by atoms with Crippen LogP contribution in [0.3, 0.4) is 0 Å². The zero-order valence-electron chi connectivity index (χ0n) is 12.8. The molecule has 0 spiro atoms. The predicted octanol–water partition coefficient (Wildman–Crippen LogP) is 2.78. The largest absolute Gasteiger partial charge is 0.472 e. The number of rotatable bonds is 3. The number of pyridine rings is 1. The highest BCUT2D eigenvalue weighted by molar-refractivity contribution is 5.89. The van der Waals surface area contributed by atoms with Crippen molar-refractivity contribution >= 4 is 11.7 Å². The van der Waals surface area contributed by atoms with Crippen molar-refractivity contribution in [3.8, 4) is 11.9 Å². The Balaban J connectivity index is 1.58. The summed E-state index contributed by atoms with van der Waals surface area (Å²) in [5, 5.41) is 11.4. The van der Waals surface area contributed by atoms with Gasteiger partial charge in [-0.05, 0) is 18.2 Å². The molecule has 1 aromatic heterocycles. The van der Waals surface area contributed by atoms with Crippen molar-refractivity contribution in [1.29, 1.82) is 5.26 Å². The van der Waals surface area contributed by atoms with Crippen molar-refractivity contribution in [2.45, 2.75) is 12.5 Å². The summed E-state index contributed by atoms with van der Waals surface area (Å²) >= 11 is 0. The Morgan fingerprint density at radius 1 is 1.42 bits per heavy atom. The number of ether oxygens (including phenoxy) is 1. The van der Waals surface area contributed by atoms with Crippen LogP contribution in [0.2, 0.25) is 0 Å². The number of aromatic nitrogens is 1. The Bertz CT molecular complexity index is 790. The first-order chi connectivity index (χ1) is 11.7. The van der Waals surface area contributed by atoms with E-state index < -0.39 is 5.82 Å². The molecular weight excluding hydrogens is 311 g/mol. The van der Waals surface area contributed by atoms with Crippen LogP contribution in [0.5, 0.6) is 5.88 Å². The van der Waals surface area contributed by atoms with E-state index in [4.69, 9.17) is 10.00 Å². The Hall–Kier alpha value is -3.14. The number of anilines is 1. The third-order valence-corrected chi connectivity index (χ3v) is 3.70. The molecule has 1 aliphatic rings. The molecule has 1 N–H and O–H groups in total. The van der Waals surface area contributed by atoms with Gasteiger partial charge in [0.15, 0.2) is 0 Å². The van der Waals surface area contributed by atoms with E-state index in [1.807, 2.05) is 6.07 Å². The summed E-state index contributed by atoms with van der Waals surface area (Å²) in [4.78, 5) is 17.8. The van der Waals surface area contributed by atoms with Crippen molar-refractivity contribution in [2.24, 2.45) is 0 Å². The van der Waals surface area contributed by atoms with Gasteiger partial charge in [0, 0.05) is 25.2 Å². The molecule has 24 heavy (non-hydrogen) atoms. The molecule has 1 aliphatic heterocycles. The minimum Gasteiger partial charge on any atom is -0.472 e. The summed E-state index contributed by atoms with van der Waals surface area (Å²) in [6, 6.07) is 10.8. The second kappa shape index (κ2) is 6.96. The second-order valence-electron chi connectivity index (χ2n) is 5.38. The molecule has 122 valence electrons. The molecule has 3 rings (SSSR count). The normalized spacial score (nSPS) is 16.5. The third kappa shape index (κ3) is 3.60. The molecule has 1 saturated heterocycles. The highest BCUT2D eigenvalue weighted by Crippen LogP contribution is 2.19. The maximum Gasteiger partial charge on any atom is 0.322 e. The van der Waals surface area contributed by atoms with E-state index in [1.54, 1.807) is 29.2 Å². The highest BCUT2D eigenvalue weighted by Gasteiger charge is 2.28. The zero-order valence-corrected chi connectivity index (χ0v) is 12.8. The van der Waals surface area contributed by atoms with Crippen molar-refractivity contribution in [3.63, 3.8) is 0 Å². The number of carbonyl (C=O) groups excluding carboxylic acids is 1. The van der Waals surface area contributed by atoms with Gasteiger partial charge in [0.05, 0.1) is 23.9 Å². The number of nitrogens with one attached hydrogen (secondary N) is 1. The number of hydrogen-bond donors (Lipinski definition) is 1. The van der Waals surface area contributed by atoms with E-state index in [0.717, 1.165) is 0 Å². The average Bonchev–Trinajstić information content (AvgIpc) is 3.06. The van der Waals surface area contributed by atoms with Crippen LogP contribution >= 0.6 is 0 Å². The first-order valence-corrected chi connectivity index (χ1v) is 7.49. The van der Waals surface area contributed by atoms with Crippen LogP contribution < -0.4 is 10.1 Å². The number of nitriles is 1. The third-order valence-electron chi connectivity index (χ3n) is 3.70. The standard InChI is InChI=1S/C17H15FN4O2/c18-14-3-1-2-4-15(14)21-17(23)22-8-6-13(11-22)24-16-9-12(10-19)5-7-20-16/h1-5,7,9,13H,6,8,11H2,(H,21,23). The van der Waals surface area contributed by atoms with Gasteiger partial charge >= 0.3 is 6.03 Å². The van der Waals surface area contributed by atoms with E-state index in [9.17, 15) is 9.18 Å². The molecule has 1 aromatic carbocycles. The molecular formula is C17H15FN4O2. The molecule has 1 atom stereocenters. The van der Waals surface area contributed by atoms with Gasteiger partial charge in [-0.3, -0.25) is 0 Å². The molecule has 0 saturated carbocycles. The molecule has 6 nitrogen and oxygen atoms in total. The predicted molar refractivity (Wildman–Crippen MR) is 85.0 cm³/mol. The highest BCUT2D eigenvalue weighted by atomic mass is 19.1. The van der Waals surface area contributed by atoms with Gasteiger partial charge in [0.1, 0.15) is 11.9 Å². The fourth-order valence-corrected chi connectivity index (χ4v) is 2.48. The Morgan fingerprint density at radius 3 is 3.04 bits per heavy atom. The molecule has 1 fully saturated rings. The van der Waals surface area contributed by atoms with Gasteiger partial charge in [-0.15, -0.1) is 0 Å². The fourth-order valence-electron chi connectivity index (χ4n) is 2.48. The fraction of sp³-hybridized carbons (Fsp3) is 0.235. The lowest BCUT2D eigenvalue weighted by Gasteiger charge is -2.18. The van der Waals surface area contributed by atoms with Crippen LogP contribution in [0.15, 0.2) is 42.6 Å². The van der Waals surface area contributed by atoms with E-state index in [1.165, 1.54) is 18.3 Å². The van der Waals surface area contributed by atoms with Crippen LogP contribution in [-0.2, 0) is 0 Å². The van der Waals surface area contributed by atoms with Gasteiger partial charge in [-0.2, -0.15) is 5.26 Å². The maximum atomic E-state index is 13.6. The van der Waals surface area contributed by atoms with Crippen LogP contribution in [0.25, 0.3) is 0 Å². The molecule has 2 amide bonds. The van der Waals surface area contributed by atoms with Crippen molar-refractivity contribution < 1.29 is 13.9 Å². The summed E-state index contributed by atoms with van der Waals surface area (Å²) in [5.41, 5.74) is 0.613. The molecule has 7 heteroatoms. The summed E-state index contributed by atoms with van der Waals surface area (Å²) in [5.74, 6) is -0.120. The van der Waals surface area contributed by atoms with Crippen molar-refractivity contribution in [3.05, 3.63) is 54.0 Å². The van der Waals surface area contributed by atoms with E-state index in [-0.39, 0.29) is 17.8 Å². The molecule has 0 aliphatic carbocycles. The van der Waals surface area contributed by atoms with Crippen LogP contribution in [0, 0.1) is 17.1 Å². The Kier molecular flexibility index (Phi) is 4.57. The minimum atomic E-state index is -0.477. The number of urea groups is 1. The summed E-state index contributed by atoms with van der Waals surface area (Å²) in [6.45, 7) is 0.877. The van der Waals surface area contributed by atoms with Gasteiger partial charge in [0.2, 0.25) is 5.88 Å². The van der Waals surface area contributed by atoms with Crippen molar-refractivity contribution in [2.75, 3.05) is 18.4 Å². The second-order valence-corrected chi connectivity index (χ2v) is 5.38. The molecule has 2 aromatic rings. The number of nitrogens with zero attached hydrogens (tertiary/aromatic N) is 3. The maximum absolute atomic E-state index is 13.6. The topological polar surface area (TPSA) is 78.2 Å². The summed E-state index contributed by atoms with van der Waals surface area (Å²) < 4.78 is 19.3. The molecule has 0 bridgehead atoms. The van der Waals surface area contributed by atoms with E-state index in [2.05, 4.69) is 10.3 Å². The summed E-state index contributed by atoms with van der Waals surface area (Å²) in [7, 11) is 0. The SMILES string of the molecule is N#Cc1ccnc(OC2CCN(C(=O)Nc3ccccc3F)C2)c1. The van der Waals surface area contributed by atoms with E-state index in [0.29, 0.717) is 31.0 Å². The number of likely N-dealkylation sites (tertiary alicyclic amines) is 1. The van der Waals surface area contributed by atoms with Gasteiger partial charge < -0.3 is 15.0 Å². The minimum absolute atomic E-state index is 0.148. The zero-order chi connectivity index (χ0) is 16.9. The van der Waals surface area contributed by atoms with Gasteiger partial charge in [-0.1, -0.05) is 12.1 Å². The van der Waals surface area contributed by atoms with Crippen LogP contribution in [-0.4, -0.2) is 35.1 Å². The summed E-state index contributed by atoms with van der Waals surface area (Å²) in [6.07, 6.45) is 1.94. The molecule has 2 heterocycles. The van der Waals surface area contributed by atoms with Crippen LogP contribution in [0.4, 0.5) is 14.9 Å². The lowest BCUT2D eigenvalue weighted by atomic mass is 10.3. The number of amides is 2. The number of benzene rings is 1. The molecule has 1 unspecified atom stereocenters. The number of para-hydroxylation sites is 1. The Labute approximate surface area is 138 Å². The lowest BCUT2D eigenvalue weighted by molar-refractivity contribution is 0.190. The van der Waals surface area contributed by atoms with Crippen molar-refractivity contribution in [1.82, 2.24) is 9.88 Å². The quantitative estimate of drug-likeness (QED) is 0.941. The monoisotopic (exact) mass is 326 g/mol. The van der Waals surface area contributed by atoms with E-state index >= 15 is 0 Å². The molecule has 0 radical (unpaired) electrons. The Morgan fingerprint density at radius 2 is 2.25 bits per heavy atom. The average molecular weight is 326 g/mol. The number of carbonyl (C=O) groups is 1.